The Morgan fingerprint density at radius 1 is 1.36 bits per heavy atom. The normalized spacial score (nSPS) is 29.2. The molecule has 1 aromatic carbocycles. The molecule has 2 atom stereocenters. The summed E-state index contributed by atoms with van der Waals surface area (Å²) in [6.07, 6.45) is 1.26. The molecule has 1 saturated heterocycles. The number of hydrogen-bond donors (Lipinski definition) is 2. The van der Waals surface area contributed by atoms with Gasteiger partial charge in [0.15, 0.2) is 0 Å². The van der Waals surface area contributed by atoms with Gasteiger partial charge in [-0.25, -0.2) is 0 Å². The third-order valence-corrected chi connectivity index (χ3v) is 3.73. The minimum absolute atomic E-state index is 0.605. The molecule has 0 saturated carbocycles. The minimum atomic E-state index is 0.605. The van der Waals surface area contributed by atoms with Gasteiger partial charge in [-0.3, -0.25) is 0 Å². The molecule has 3 rings (SSSR count). The highest BCUT2D eigenvalue weighted by Gasteiger charge is 2.33. The fourth-order valence-corrected chi connectivity index (χ4v) is 2.92. The summed E-state index contributed by atoms with van der Waals surface area (Å²) in [5.74, 6) is 0.722. The molecule has 0 radical (unpaired) electrons. The number of piperidine rings is 1. The van der Waals surface area contributed by atoms with Gasteiger partial charge in [-0.15, -0.1) is 0 Å². The van der Waals surface area contributed by atoms with E-state index in [4.69, 9.17) is 0 Å². The molecule has 3 heteroatoms. The van der Waals surface area contributed by atoms with E-state index >= 15 is 0 Å². The van der Waals surface area contributed by atoms with E-state index in [1.165, 1.54) is 17.7 Å². The van der Waals surface area contributed by atoms with Crippen molar-refractivity contribution in [1.29, 1.82) is 0 Å². The maximum Gasteiger partial charge on any atom is 0.0455 e. The molecule has 2 aliphatic heterocycles. The van der Waals surface area contributed by atoms with Crippen LogP contribution in [0.15, 0.2) is 22.7 Å². The zero-order valence-corrected chi connectivity index (χ0v) is 9.47. The summed E-state index contributed by atoms with van der Waals surface area (Å²) in [5.41, 5.74) is 2.82. The lowest BCUT2D eigenvalue weighted by atomic mass is 9.89. The first-order valence-electron chi connectivity index (χ1n) is 5.11. The molecule has 0 aromatic heterocycles. The van der Waals surface area contributed by atoms with E-state index in [9.17, 15) is 0 Å². The van der Waals surface area contributed by atoms with Crippen molar-refractivity contribution in [2.75, 3.05) is 18.4 Å². The molecule has 2 unspecified atom stereocenters. The summed E-state index contributed by atoms with van der Waals surface area (Å²) in [6.45, 7) is 2.25. The highest BCUT2D eigenvalue weighted by Crippen LogP contribution is 2.40. The molecule has 0 aliphatic carbocycles. The van der Waals surface area contributed by atoms with Gasteiger partial charge in [-0.1, -0.05) is 22.0 Å². The second-order valence-corrected chi connectivity index (χ2v) is 5.00. The van der Waals surface area contributed by atoms with Gasteiger partial charge < -0.3 is 10.6 Å². The van der Waals surface area contributed by atoms with Crippen LogP contribution in [0.5, 0.6) is 0 Å². The highest BCUT2D eigenvalue weighted by atomic mass is 79.9. The monoisotopic (exact) mass is 252 g/mol. The van der Waals surface area contributed by atoms with E-state index in [1.807, 2.05) is 0 Å². The van der Waals surface area contributed by atoms with Crippen LogP contribution in [0.1, 0.15) is 17.9 Å². The SMILES string of the molecule is Brc1ccc2c(c1)NC1CNCCC21. The number of nitrogens with one attached hydrogen (secondary N) is 2. The van der Waals surface area contributed by atoms with Gasteiger partial charge in [0, 0.05) is 28.7 Å². The number of hydrogen-bond acceptors (Lipinski definition) is 2. The molecule has 0 amide bonds. The Morgan fingerprint density at radius 3 is 3.21 bits per heavy atom. The van der Waals surface area contributed by atoms with Crippen LogP contribution in [0.2, 0.25) is 0 Å². The third-order valence-electron chi connectivity index (χ3n) is 3.24. The van der Waals surface area contributed by atoms with E-state index < -0.39 is 0 Å². The van der Waals surface area contributed by atoms with Crippen molar-refractivity contribution in [3.05, 3.63) is 28.2 Å². The zero-order valence-electron chi connectivity index (χ0n) is 7.89. The summed E-state index contributed by atoms with van der Waals surface area (Å²) in [5, 5.41) is 7.02. The van der Waals surface area contributed by atoms with Crippen LogP contribution in [0.3, 0.4) is 0 Å². The molecule has 2 N–H and O–H groups in total. The third kappa shape index (κ3) is 1.27. The van der Waals surface area contributed by atoms with E-state index in [0.29, 0.717) is 6.04 Å². The summed E-state index contributed by atoms with van der Waals surface area (Å²) in [6, 6.07) is 7.19. The molecule has 0 spiro atoms. The molecule has 0 bridgehead atoms. The molecule has 1 fully saturated rings. The van der Waals surface area contributed by atoms with Crippen molar-refractivity contribution < 1.29 is 0 Å². The summed E-state index contributed by atoms with van der Waals surface area (Å²) in [4.78, 5) is 0. The molecule has 14 heavy (non-hydrogen) atoms. The second-order valence-electron chi connectivity index (χ2n) is 4.08. The fraction of sp³-hybridized carbons (Fsp3) is 0.455. The van der Waals surface area contributed by atoms with Crippen LogP contribution in [0.25, 0.3) is 0 Å². The van der Waals surface area contributed by atoms with Crippen molar-refractivity contribution in [3.63, 3.8) is 0 Å². The smallest absolute Gasteiger partial charge is 0.0455 e. The van der Waals surface area contributed by atoms with Crippen LogP contribution in [-0.2, 0) is 0 Å². The van der Waals surface area contributed by atoms with Crippen LogP contribution < -0.4 is 10.6 Å². The van der Waals surface area contributed by atoms with Crippen LogP contribution in [0, 0.1) is 0 Å². The molecule has 1 aromatic rings. The first kappa shape index (κ1) is 8.74. The lowest BCUT2D eigenvalue weighted by molar-refractivity contribution is 0.439. The number of fused-ring (bicyclic) bond motifs is 3. The Bertz CT molecular complexity index is 364. The van der Waals surface area contributed by atoms with E-state index in [-0.39, 0.29) is 0 Å². The van der Waals surface area contributed by atoms with Gasteiger partial charge in [-0.2, -0.15) is 0 Å². The predicted octanol–water partition coefficient (Wildman–Crippen LogP) is 2.32. The van der Waals surface area contributed by atoms with Crippen molar-refractivity contribution in [3.8, 4) is 0 Å². The Morgan fingerprint density at radius 2 is 2.29 bits per heavy atom. The van der Waals surface area contributed by atoms with Gasteiger partial charge >= 0.3 is 0 Å². The average molecular weight is 253 g/mol. The number of benzene rings is 1. The highest BCUT2D eigenvalue weighted by molar-refractivity contribution is 9.10. The lowest BCUT2D eigenvalue weighted by Gasteiger charge is -2.26. The van der Waals surface area contributed by atoms with Crippen molar-refractivity contribution in [1.82, 2.24) is 5.32 Å². The number of rotatable bonds is 0. The molecular formula is C11H13BrN2. The summed E-state index contributed by atoms with van der Waals surface area (Å²) < 4.78 is 1.16. The largest absolute Gasteiger partial charge is 0.380 e. The van der Waals surface area contributed by atoms with E-state index in [2.05, 4.69) is 44.8 Å². The van der Waals surface area contributed by atoms with Gasteiger partial charge in [0.2, 0.25) is 0 Å². The Kier molecular flexibility index (Phi) is 2.03. The molecule has 74 valence electrons. The minimum Gasteiger partial charge on any atom is -0.380 e. The Labute approximate surface area is 92.2 Å². The van der Waals surface area contributed by atoms with Crippen LogP contribution in [0.4, 0.5) is 5.69 Å². The molecule has 2 nitrogen and oxygen atoms in total. The standard InChI is InChI=1S/C11H13BrN2/c12-7-1-2-8-9-3-4-13-6-11(9)14-10(8)5-7/h1-2,5,9,11,13-14H,3-4,6H2. The fourth-order valence-electron chi connectivity index (χ4n) is 2.56. The lowest BCUT2D eigenvalue weighted by Crippen LogP contribution is -2.40. The van der Waals surface area contributed by atoms with Gasteiger partial charge in [0.25, 0.3) is 0 Å². The molecular weight excluding hydrogens is 240 g/mol. The first-order chi connectivity index (χ1) is 6.84. The summed E-state index contributed by atoms with van der Waals surface area (Å²) >= 11 is 3.51. The zero-order chi connectivity index (χ0) is 9.54. The maximum atomic E-state index is 3.58. The predicted molar refractivity (Wildman–Crippen MR) is 61.8 cm³/mol. The quantitative estimate of drug-likeness (QED) is 0.741. The van der Waals surface area contributed by atoms with Gasteiger partial charge in [0.05, 0.1) is 0 Å². The van der Waals surface area contributed by atoms with Crippen molar-refractivity contribution in [2.24, 2.45) is 0 Å². The Balaban J connectivity index is 2.01. The average Bonchev–Trinajstić information content (AvgIpc) is 2.54. The topological polar surface area (TPSA) is 24.1 Å². The van der Waals surface area contributed by atoms with Crippen molar-refractivity contribution >= 4 is 21.6 Å². The number of halogens is 1. The number of anilines is 1. The Hall–Kier alpha value is -0.540. The van der Waals surface area contributed by atoms with E-state index in [1.54, 1.807) is 0 Å². The van der Waals surface area contributed by atoms with Crippen molar-refractivity contribution in [2.45, 2.75) is 18.4 Å². The van der Waals surface area contributed by atoms with Gasteiger partial charge in [-0.05, 0) is 30.7 Å². The van der Waals surface area contributed by atoms with Gasteiger partial charge in [0.1, 0.15) is 0 Å². The second kappa shape index (κ2) is 3.24. The van der Waals surface area contributed by atoms with Crippen LogP contribution >= 0.6 is 15.9 Å². The molecule has 2 heterocycles. The van der Waals surface area contributed by atoms with E-state index in [0.717, 1.165) is 23.5 Å². The molecule has 2 aliphatic rings. The summed E-state index contributed by atoms with van der Waals surface area (Å²) in [7, 11) is 0. The first-order valence-corrected chi connectivity index (χ1v) is 5.90. The maximum absolute atomic E-state index is 3.58. The van der Waals surface area contributed by atoms with Crippen LogP contribution in [-0.4, -0.2) is 19.1 Å².